The van der Waals surface area contributed by atoms with Gasteiger partial charge in [-0.25, -0.2) is 4.39 Å². The van der Waals surface area contributed by atoms with Gasteiger partial charge in [-0.05, 0) is 60.7 Å². The molecule has 0 saturated carbocycles. The number of carbonyl (C=O) groups is 1. The van der Waals surface area contributed by atoms with Gasteiger partial charge in [0.05, 0.1) is 12.7 Å². The van der Waals surface area contributed by atoms with Gasteiger partial charge in [0.15, 0.2) is 10.9 Å². The lowest BCUT2D eigenvalue weighted by molar-refractivity contribution is 0.0917. The predicted octanol–water partition coefficient (Wildman–Crippen LogP) is 3.73. The van der Waals surface area contributed by atoms with Crippen LogP contribution in [0.25, 0.3) is 11.3 Å². The molecule has 0 spiro atoms. The summed E-state index contributed by atoms with van der Waals surface area (Å²) in [6.45, 7) is 0. The lowest BCUT2D eigenvalue weighted by Crippen LogP contribution is -2.43. The van der Waals surface area contributed by atoms with Crippen LogP contribution in [0, 0.1) is 5.82 Å². The zero-order valence-corrected chi connectivity index (χ0v) is 15.1. The maximum absolute atomic E-state index is 13.8. The lowest BCUT2D eigenvalue weighted by Gasteiger charge is -2.11. The second-order valence-corrected chi connectivity index (χ2v) is 5.81. The van der Waals surface area contributed by atoms with E-state index in [2.05, 4.69) is 16.2 Å². The normalized spacial score (nSPS) is 10.1. The van der Waals surface area contributed by atoms with E-state index in [0.29, 0.717) is 0 Å². The number of ether oxygens (including phenoxy) is 1. The van der Waals surface area contributed by atoms with Crippen LogP contribution in [-0.4, -0.2) is 18.1 Å². The monoisotopic (exact) mass is 385 g/mol. The van der Waals surface area contributed by atoms with Crippen molar-refractivity contribution in [3.63, 3.8) is 0 Å². The van der Waals surface area contributed by atoms with E-state index < -0.39 is 11.7 Å². The van der Waals surface area contributed by atoms with E-state index in [9.17, 15) is 9.18 Å². The van der Waals surface area contributed by atoms with E-state index >= 15 is 0 Å². The number of hydrogen-bond donors (Lipinski definition) is 3. The highest BCUT2D eigenvalue weighted by Crippen LogP contribution is 2.24. The largest absolute Gasteiger partial charge is 0.497 e. The predicted molar refractivity (Wildman–Crippen MR) is 104 cm³/mol. The van der Waals surface area contributed by atoms with Crippen molar-refractivity contribution < 1.29 is 18.3 Å². The van der Waals surface area contributed by atoms with Crippen LogP contribution in [0.4, 0.5) is 10.1 Å². The van der Waals surface area contributed by atoms with Gasteiger partial charge in [-0.1, -0.05) is 12.1 Å². The Bertz CT molecular complexity index is 957. The van der Waals surface area contributed by atoms with Gasteiger partial charge in [-0.3, -0.25) is 15.6 Å². The van der Waals surface area contributed by atoms with Crippen molar-refractivity contribution in [2.45, 2.75) is 0 Å². The van der Waals surface area contributed by atoms with Crippen molar-refractivity contribution >= 4 is 28.9 Å². The fourth-order valence-electron chi connectivity index (χ4n) is 2.28. The molecule has 2 aromatic carbocycles. The van der Waals surface area contributed by atoms with Gasteiger partial charge in [0.25, 0.3) is 0 Å². The Balaban J connectivity index is 1.56. The van der Waals surface area contributed by atoms with Crippen molar-refractivity contribution in [3.05, 3.63) is 72.2 Å². The molecule has 0 aliphatic rings. The Morgan fingerprint density at radius 1 is 1.04 bits per heavy atom. The first-order valence-corrected chi connectivity index (χ1v) is 8.34. The quantitative estimate of drug-likeness (QED) is 0.469. The Morgan fingerprint density at radius 2 is 1.78 bits per heavy atom. The van der Waals surface area contributed by atoms with Crippen LogP contribution < -0.4 is 20.9 Å². The molecule has 0 aliphatic heterocycles. The molecule has 0 aliphatic carbocycles. The number of anilines is 1. The molecule has 3 aromatic rings. The average Bonchev–Trinajstić information content (AvgIpc) is 3.17. The van der Waals surface area contributed by atoms with Gasteiger partial charge < -0.3 is 14.5 Å². The van der Waals surface area contributed by atoms with Crippen molar-refractivity contribution in [2.75, 3.05) is 12.4 Å². The molecule has 0 radical (unpaired) electrons. The molecular formula is C19H16FN3O3S. The summed E-state index contributed by atoms with van der Waals surface area (Å²) in [5, 5.41) is 3.10. The van der Waals surface area contributed by atoms with Crippen LogP contribution in [0.5, 0.6) is 5.75 Å². The molecular weight excluding hydrogens is 369 g/mol. The van der Waals surface area contributed by atoms with Gasteiger partial charge in [0.1, 0.15) is 17.3 Å². The number of halogens is 1. The minimum absolute atomic E-state index is 0.0213. The minimum atomic E-state index is -0.545. The van der Waals surface area contributed by atoms with E-state index in [4.69, 9.17) is 21.4 Å². The molecule has 3 rings (SSSR count). The molecule has 1 aromatic heterocycles. The first kappa shape index (κ1) is 18.4. The van der Waals surface area contributed by atoms with Gasteiger partial charge in [-0.2, -0.15) is 0 Å². The third kappa shape index (κ3) is 4.62. The molecule has 0 fully saturated rings. The van der Waals surface area contributed by atoms with E-state index in [0.717, 1.165) is 11.4 Å². The summed E-state index contributed by atoms with van der Waals surface area (Å²) in [7, 11) is 1.58. The molecule has 27 heavy (non-hydrogen) atoms. The topological polar surface area (TPSA) is 75.5 Å². The first-order valence-electron chi connectivity index (χ1n) is 7.93. The minimum Gasteiger partial charge on any atom is -0.497 e. The number of thiocarbonyl (C=S) groups is 1. The Hall–Kier alpha value is -3.39. The molecule has 1 heterocycles. The van der Waals surface area contributed by atoms with Gasteiger partial charge >= 0.3 is 5.91 Å². The van der Waals surface area contributed by atoms with Crippen molar-refractivity contribution in [1.82, 2.24) is 10.9 Å². The number of methoxy groups -OCH3 is 1. The summed E-state index contributed by atoms with van der Waals surface area (Å²) in [6, 6.07) is 16.3. The van der Waals surface area contributed by atoms with Crippen LogP contribution in [0.2, 0.25) is 0 Å². The number of benzene rings is 2. The second kappa shape index (κ2) is 8.33. The van der Waals surface area contributed by atoms with Crippen LogP contribution in [0.3, 0.4) is 0 Å². The third-order valence-electron chi connectivity index (χ3n) is 3.61. The highest BCUT2D eigenvalue weighted by atomic mass is 32.1. The van der Waals surface area contributed by atoms with E-state index in [-0.39, 0.29) is 22.2 Å². The summed E-state index contributed by atoms with van der Waals surface area (Å²) in [6.07, 6.45) is 0. The number of furan rings is 1. The molecule has 0 unspecified atom stereocenters. The van der Waals surface area contributed by atoms with Crippen LogP contribution in [0.15, 0.2) is 65.1 Å². The molecule has 3 N–H and O–H groups in total. The second-order valence-electron chi connectivity index (χ2n) is 5.41. The maximum atomic E-state index is 13.8. The van der Waals surface area contributed by atoms with Gasteiger partial charge in [0.2, 0.25) is 0 Å². The summed E-state index contributed by atoms with van der Waals surface area (Å²) < 4.78 is 24.3. The molecule has 8 heteroatoms. The Morgan fingerprint density at radius 3 is 2.48 bits per heavy atom. The zero-order valence-electron chi connectivity index (χ0n) is 14.3. The number of rotatable bonds is 4. The van der Waals surface area contributed by atoms with Crippen LogP contribution in [-0.2, 0) is 0 Å². The van der Waals surface area contributed by atoms with E-state index in [1.165, 1.54) is 18.2 Å². The number of nitrogens with one attached hydrogen (secondary N) is 3. The lowest BCUT2D eigenvalue weighted by atomic mass is 10.1. The first-order chi connectivity index (χ1) is 13.1. The molecule has 6 nitrogen and oxygen atoms in total. The number of hydrazine groups is 1. The van der Waals surface area contributed by atoms with Crippen molar-refractivity contribution in [3.8, 4) is 17.1 Å². The highest BCUT2D eigenvalue weighted by Gasteiger charge is 2.14. The smallest absolute Gasteiger partial charge is 0.305 e. The Labute approximate surface area is 160 Å². The van der Waals surface area contributed by atoms with Crippen molar-refractivity contribution in [2.24, 2.45) is 0 Å². The van der Waals surface area contributed by atoms with Gasteiger partial charge in [-0.15, -0.1) is 0 Å². The van der Waals surface area contributed by atoms with Crippen LogP contribution in [0.1, 0.15) is 10.6 Å². The van der Waals surface area contributed by atoms with E-state index in [1.807, 2.05) is 0 Å². The molecule has 138 valence electrons. The standard InChI is InChI=1S/C19H16FN3O3S/c1-25-13-8-6-12(7-9-13)21-19(27)23-22-18(24)17-11-10-16(26-17)14-4-2-3-5-15(14)20/h2-11H,1H3,(H,22,24)(H2,21,23,27). The van der Waals surface area contributed by atoms with Crippen molar-refractivity contribution in [1.29, 1.82) is 0 Å². The van der Waals surface area contributed by atoms with Gasteiger partial charge in [0, 0.05) is 5.69 Å². The SMILES string of the molecule is COc1ccc(NC(=S)NNC(=O)c2ccc(-c3ccccc3F)o2)cc1. The Kier molecular flexibility index (Phi) is 5.68. The number of amides is 1. The summed E-state index contributed by atoms with van der Waals surface area (Å²) in [4.78, 5) is 12.1. The number of carbonyl (C=O) groups excluding carboxylic acids is 1. The average molecular weight is 385 g/mol. The maximum Gasteiger partial charge on any atom is 0.305 e. The molecule has 0 saturated heterocycles. The molecule has 0 bridgehead atoms. The third-order valence-corrected chi connectivity index (χ3v) is 3.81. The fourth-order valence-corrected chi connectivity index (χ4v) is 2.45. The molecule has 0 atom stereocenters. The summed E-state index contributed by atoms with van der Waals surface area (Å²) in [5.74, 6) is 0.0275. The van der Waals surface area contributed by atoms with E-state index in [1.54, 1.807) is 49.6 Å². The summed E-state index contributed by atoms with van der Waals surface area (Å²) >= 11 is 5.12. The fraction of sp³-hybridized carbons (Fsp3) is 0.0526. The highest BCUT2D eigenvalue weighted by molar-refractivity contribution is 7.80. The number of hydrogen-bond acceptors (Lipinski definition) is 4. The molecule has 1 amide bonds. The summed E-state index contributed by atoms with van der Waals surface area (Å²) in [5.41, 5.74) is 5.99. The zero-order chi connectivity index (χ0) is 19.2. The van der Waals surface area contributed by atoms with Crippen LogP contribution >= 0.6 is 12.2 Å².